The van der Waals surface area contributed by atoms with Gasteiger partial charge in [0.1, 0.15) is 12.1 Å². The van der Waals surface area contributed by atoms with Crippen molar-refractivity contribution in [1.29, 1.82) is 0 Å². The maximum absolute atomic E-state index is 13.0. The first-order valence-electron chi connectivity index (χ1n) is 10.8. The molecule has 3 aliphatic rings. The van der Waals surface area contributed by atoms with Crippen molar-refractivity contribution in [2.45, 2.75) is 83.7 Å². The van der Waals surface area contributed by atoms with Gasteiger partial charge in [0.25, 0.3) is 5.91 Å². The zero-order chi connectivity index (χ0) is 20.5. The van der Waals surface area contributed by atoms with Crippen molar-refractivity contribution in [3.8, 4) is 0 Å². The highest BCUT2D eigenvalue weighted by Crippen LogP contribution is 2.43. The highest BCUT2D eigenvalue weighted by atomic mass is 35.5. The van der Waals surface area contributed by atoms with Crippen LogP contribution in [0.15, 0.2) is 0 Å². The van der Waals surface area contributed by atoms with Gasteiger partial charge in [0.15, 0.2) is 0 Å². The third-order valence-corrected chi connectivity index (χ3v) is 7.17. The van der Waals surface area contributed by atoms with E-state index in [-0.39, 0.29) is 48.1 Å². The Bertz CT molecular complexity index is 626. The number of imide groups is 1. The molecule has 29 heavy (non-hydrogen) atoms. The van der Waals surface area contributed by atoms with E-state index in [1.165, 1.54) is 0 Å². The first-order valence-corrected chi connectivity index (χ1v) is 10.8. The zero-order valence-corrected chi connectivity index (χ0v) is 18.8. The quantitative estimate of drug-likeness (QED) is 0.598. The molecule has 3 fully saturated rings. The Hall–Kier alpha value is -1.34. The number of rotatable bonds is 4. The molecular weight excluding hydrogens is 392 g/mol. The van der Waals surface area contributed by atoms with E-state index in [9.17, 15) is 14.4 Å². The number of carbonyl (C=O) groups is 3. The average Bonchev–Trinajstić information content (AvgIpc) is 2.86. The fourth-order valence-electron chi connectivity index (χ4n) is 5.21. The molecule has 3 rings (SSSR count). The number of amides is 4. The molecule has 0 radical (unpaired) electrons. The van der Waals surface area contributed by atoms with Crippen LogP contribution in [0.2, 0.25) is 0 Å². The lowest BCUT2D eigenvalue weighted by Crippen LogP contribution is -2.51. The van der Waals surface area contributed by atoms with Crippen LogP contribution in [0.3, 0.4) is 0 Å². The summed E-state index contributed by atoms with van der Waals surface area (Å²) in [6, 6.07) is -0.392. The third kappa shape index (κ3) is 5.05. The Morgan fingerprint density at radius 1 is 1.17 bits per heavy atom. The minimum atomic E-state index is -0.816. The number of hydrogen-bond donors (Lipinski definition) is 3. The van der Waals surface area contributed by atoms with Gasteiger partial charge in [-0.1, -0.05) is 33.6 Å². The van der Waals surface area contributed by atoms with Gasteiger partial charge in [0, 0.05) is 6.04 Å². The molecule has 1 aliphatic heterocycles. The Kier molecular flexibility index (Phi) is 7.60. The summed E-state index contributed by atoms with van der Waals surface area (Å²) in [6.07, 6.45) is 7.26. The minimum absolute atomic E-state index is 0. The molecule has 2 aliphatic carbocycles. The van der Waals surface area contributed by atoms with Crippen molar-refractivity contribution < 1.29 is 14.4 Å². The second kappa shape index (κ2) is 9.21. The van der Waals surface area contributed by atoms with Gasteiger partial charge in [-0.3, -0.25) is 14.5 Å². The van der Waals surface area contributed by atoms with Gasteiger partial charge in [-0.15, -0.1) is 12.4 Å². The van der Waals surface area contributed by atoms with E-state index in [4.69, 9.17) is 5.73 Å². The molecule has 0 aromatic carbocycles. The second-order valence-corrected chi connectivity index (χ2v) is 10.00. The lowest BCUT2D eigenvalue weighted by Gasteiger charge is -2.40. The Labute approximate surface area is 180 Å². The van der Waals surface area contributed by atoms with E-state index in [1.807, 2.05) is 0 Å². The van der Waals surface area contributed by atoms with Crippen LogP contribution in [0.1, 0.15) is 72.1 Å². The van der Waals surface area contributed by atoms with Gasteiger partial charge < -0.3 is 16.4 Å². The van der Waals surface area contributed by atoms with Crippen LogP contribution in [-0.2, 0) is 9.59 Å². The highest BCUT2D eigenvalue weighted by molar-refractivity contribution is 6.09. The fraction of sp³-hybridized carbons (Fsp3) is 0.857. The number of hydrogen-bond acceptors (Lipinski definition) is 4. The standard InChI is InChI=1S/C21H36N4O3.ClH/c1-20(2,3)15-8-10-21(11-9-15)18(27)25(19(28)24-21)13-17(26)23-16-7-5-4-6-14(16)12-22;/h14-16H,4-13,22H2,1-3H3,(H,23,26)(H,24,28);1H. The van der Waals surface area contributed by atoms with E-state index in [1.54, 1.807) is 0 Å². The van der Waals surface area contributed by atoms with Crippen molar-refractivity contribution >= 4 is 30.3 Å². The summed E-state index contributed by atoms with van der Waals surface area (Å²) in [5.41, 5.74) is 5.22. The summed E-state index contributed by atoms with van der Waals surface area (Å²) in [6.45, 7) is 7.01. The van der Waals surface area contributed by atoms with Crippen molar-refractivity contribution in [3.05, 3.63) is 0 Å². The zero-order valence-electron chi connectivity index (χ0n) is 18.0. The topological polar surface area (TPSA) is 105 Å². The van der Waals surface area contributed by atoms with Crippen LogP contribution in [0.5, 0.6) is 0 Å². The van der Waals surface area contributed by atoms with E-state index in [0.29, 0.717) is 25.3 Å². The van der Waals surface area contributed by atoms with Gasteiger partial charge in [-0.2, -0.15) is 0 Å². The predicted molar refractivity (Wildman–Crippen MR) is 115 cm³/mol. The first kappa shape index (κ1) is 23.9. The Balaban J connectivity index is 0.00000300. The molecule has 0 aromatic heterocycles. The van der Waals surface area contributed by atoms with Crippen molar-refractivity contribution in [1.82, 2.24) is 15.5 Å². The normalized spacial score (nSPS) is 32.7. The molecular formula is C21H37ClN4O3. The Morgan fingerprint density at radius 2 is 1.79 bits per heavy atom. The fourth-order valence-corrected chi connectivity index (χ4v) is 5.21. The lowest BCUT2D eigenvalue weighted by molar-refractivity contribution is -0.136. The maximum atomic E-state index is 13.0. The summed E-state index contributed by atoms with van der Waals surface area (Å²) in [4.78, 5) is 39.2. The van der Waals surface area contributed by atoms with E-state index in [0.717, 1.165) is 43.4 Å². The molecule has 4 N–H and O–H groups in total. The number of urea groups is 1. The number of nitrogens with two attached hydrogens (primary N) is 1. The van der Waals surface area contributed by atoms with Crippen LogP contribution in [-0.4, -0.2) is 47.4 Å². The summed E-state index contributed by atoms with van der Waals surface area (Å²) in [5.74, 6) is 0.313. The molecule has 2 atom stereocenters. The number of nitrogens with zero attached hydrogens (tertiary/aromatic N) is 1. The molecule has 8 heteroatoms. The van der Waals surface area contributed by atoms with E-state index >= 15 is 0 Å². The summed E-state index contributed by atoms with van der Waals surface area (Å²) < 4.78 is 0. The first-order chi connectivity index (χ1) is 13.2. The second-order valence-electron chi connectivity index (χ2n) is 10.00. The Morgan fingerprint density at radius 3 is 2.38 bits per heavy atom. The smallest absolute Gasteiger partial charge is 0.325 e. The predicted octanol–water partition coefficient (Wildman–Crippen LogP) is 2.57. The summed E-state index contributed by atoms with van der Waals surface area (Å²) in [5, 5.41) is 5.92. The monoisotopic (exact) mass is 428 g/mol. The minimum Gasteiger partial charge on any atom is -0.351 e. The van der Waals surface area contributed by atoms with Crippen LogP contribution < -0.4 is 16.4 Å². The van der Waals surface area contributed by atoms with E-state index in [2.05, 4.69) is 31.4 Å². The SMILES string of the molecule is CC(C)(C)C1CCC2(CC1)NC(=O)N(CC(=O)NC1CCCCC1CN)C2=O.Cl. The molecule has 0 bridgehead atoms. The maximum Gasteiger partial charge on any atom is 0.325 e. The molecule has 1 saturated heterocycles. The molecule has 7 nitrogen and oxygen atoms in total. The van der Waals surface area contributed by atoms with Gasteiger partial charge >= 0.3 is 6.03 Å². The molecule has 2 saturated carbocycles. The molecule has 1 spiro atoms. The highest BCUT2D eigenvalue weighted by Gasteiger charge is 2.53. The van der Waals surface area contributed by atoms with Crippen molar-refractivity contribution in [2.75, 3.05) is 13.1 Å². The largest absolute Gasteiger partial charge is 0.351 e. The lowest BCUT2D eigenvalue weighted by atomic mass is 9.67. The van der Waals surface area contributed by atoms with Crippen molar-refractivity contribution in [2.24, 2.45) is 23.0 Å². The van der Waals surface area contributed by atoms with Gasteiger partial charge in [0.2, 0.25) is 5.91 Å². The third-order valence-electron chi connectivity index (χ3n) is 7.17. The van der Waals surface area contributed by atoms with Gasteiger partial charge in [0.05, 0.1) is 0 Å². The number of carbonyl (C=O) groups excluding carboxylic acids is 3. The molecule has 166 valence electrons. The van der Waals surface area contributed by atoms with Crippen LogP contribution in [0.4, 0.5) is 4.79 Å². The summed E-state index contributed by atoms with van der Waals surface area (Å²) >= 11 is 0. The average molecular weight is 429 g/mol. The molecule has 0 aromatic rings. The molecule has 1 heterocycles. The van der Waals surface area contributed by atoms with Crippen molar-refractivity contribution in [3.63, 3.8) is 0 Å². The van der Waals surface area contributed by atoms with E-state index < -0.39 is 11.6 Å². The van der Waals surface area contributed by atoms with Crippen LogP contribution in [0.25, 0.3) is 0 Å². The molecule has 2 unspecified atom stereocenters. The number of nitrogens with one attached hydrogen (secondary N) is 2. The van der Waals surface area contributed by atoms with Crippen LogP contribution in [0, 0.1) is 17.3 Å². The molecule has 4 amide bonds. The van der Waals surface area contributed by atoms with Crippen LogP contribution >= 0.6 is 12.4 Å². The van der Waals surface area contributed by atoms with Gasteiger partial charge in [-0.25, -0.2) is 4.79 Å². The van der Waals surface area contributed by atoms with Gasteiger partial charge in [-0.05, 0) is 62.3 Å². The number of halogens is 1. The summed E-state index contributed by atoms with van der Waals surface area (Å²) in [7, 11) is 0.